The summed E-state index contributed by atoms with van der Waals surface area (Å²) >= 11 is 5.85. The van der Waals surface area contributed by atoms with Crippen LogP contribution in [0.1, 0.15) is 11.1 Å². The van der Waals surface area contributed by atoms with Crippen LogP contribution in [0.5, 0.6) is 0 Å². The van der Waals surface area contributed by atoms with Gasteiger partial charge in [-0.25, -0.2) is 8.42 Å². The van der Waals surface area contributed by atoms with E-state index >= 15 is 0 Å². The average molecular weight is 389 g/mol. The fraction of sp³-hybridized carbons (Fsp3) is 0.111. The van der Waals surface area contributed by atoms with Crippen molar-refractivity contribution in [2.75, 3.05) is 10.0 Å². The molecule has 0 saturated carbocycles. The highest BCUT2D eigenvalue weighted by Crippen LogP contribution is 2.16. The van der Waals surface area contributed by atoms with Gasteiger partial charge in [0.1, 0.15) is 5.82 Å². The van der Waals surface area contributed by atoms with Gasteiger partial charge in [0.2, 0.25) is 0 Å². The molecule has 2 N–H and O–H groups in total. The van der Waals surface area contributed by atoms with Crippen molar-refractivity contribution >= 4 is 33.3 Å². The number of benzene rings is 2. The second-order valence-corrected chi connectivity index (χ2v) is 7.82. The lowest BCUT2D eigenvalue weighted by atomic mass is 10.2. The first-order chi connectivity index (χ1) is 12.4. The number of sulfonamides is 1. The van der Waals surface area contributed by atoms with Crippen molar-refractivity contribution in [3.8, 4) is 0 Å². The van der Waals surface area contributed by atoms with E-state index in [2.05, 4.69) is 20.2 Å². The first kappa shape index (κ1) is 18.2. The summed E-state index contributed by atoms with van der Waals surface area (Å²) in [4.78, 5) is 0.176. The molecule has 0 bridgehead atoms. The van der Waals surface area contributed by atoms with E-state index in [1.807, 2.05) is 31.2 Å². The number of halogens is 1. The molecule has 0 aliphatic rings. The fourth-order valence-corrected chi connectivity index (χ4v) is 3.31. The zero-order valence-electron chi connectivity index (χ0n) is 14.0. The van der Waals surface area contributed by atoms with Gasteiger partial charge in [-0.1, -0.05) is 41.4 Å². The molecule has 134 valence electrons. The molecule has 1 aromatic heterocycles. The van der Waals surface area contributed by atoms with E-state index in [0.29, 0.717) is 17.4 Å². The summed E-state index contributed by atoms with van der Waals surface area (Å²) in [7, 11) is -3.69. The lowest BCUT2D eigenvalue weighted by Crippen LogP contribution is -2.14. The summed E-state index contributed by atoms with van der Waals surface area (Å²) in [6, 6.07) is 17.2. The maximum atomic E-state index is 12.3. The highest BCUT2D eigenvalue weighted by molar-refractivity contribution is 7.92. The summed E-state index contributed by atoms with van der Waals surface area (Å²) < 4.78 is 27.1. The van der Waals surface area contributed by atoms with Crippen LogP contribution in [0.2, 0.25) is 5.02 Å². The summed E-state index contributed by atoms with van der Waals surface area (Å²) in [5, 5.41) is 11.7. The molecule has 0 fully saturated rings. The Balaban J connectivity index is 1.63. The van der Waals surface area contributed by atoms with Gasteiger partial charge < -0.3 is 5.32 Å². The molecule has 0 radical (unpaired) electrons. The van der Waals surface area contributed by atoms with E-state index in [1.165, 1.54) is 0 Å². The van der Waals surface area contributed by atoms with Gasteiger partial charge in [0, 0.05) is 11.6 Å². The fourth-order valence-electron chi connectivity index (χ4n) is 2.19. The Morgan fingerprint density at radius 2 is 1.50 bits per heavy atom. The minimum absolute atomic E-state index is 0.155. The zero-order valence-corrected chi connectivity index (χ0v) is 15.6. The van der Waals surface area contributed by atoms with Crippen LogP contribution >= 0.6 is 11.6 Å². The van der Waals surface area contributed by atoms with Crippen LogP contribution in [0.25, 0.3) is 0 Å². The Labute approximate surface area is 157 Å². The van der Waals surface area contributed by atoms with Crippen molar-refractivity contribution < 1.29 is 8.42 Å². The predicted molar refractivity (Wildman–Crippen MR) is 103 cm³/mol. The van der Waals surface area contributed by atoms with Gasteiger partial charge in [-0.2, -0.15) is 0 Å². The molecule has 6 nitrogen and oxygen atoms in total. The number of nitrogens with one attached hydrogen (secondary N) is 2. The maximum absolute atomic E-state index is 12.3. The van der Waals surface area contributed by atoms with Crippen molar-refractivity contribution in [1.29, 1.82) is 0 Å². The first-order valence-corrected chi connectivity index (χ1v) is 9.70. The van der Waals surface area contributed by atoms with Gasteiger partial charge in [-0.3, -0.25) is 4.72 Å². The van der Waals surface area contributed by atoms with Crippen LogP contribution < -0.4 is 10.0 Å². The molecule has 0 aliphatic carbocycles. The van der Waals surface area contributed by atoms with Crippen molar-refractivity contribution in [3.63, 3.8) is 0 Å². The van der Waals surface area contributed by atoms with Crippen molar-refractivity contribution in [2.24, 2.45) is 0 Å². The Morgan fingerprint density at radius 3 is 2.12 bits per heavy atom. The summed E-state index contributed by atoms with van der Waals surface area (Å²) in [5.74, 6) is 0.695. The molecule has 0 saturated heterocycles. The van der Waals surface area contributed by atoms with Crippen LogP contribution in [-0.4, -0.2) is 18.6 Å². The predicted octanol–water partition coefficient (Wildman–Crippen LogP) is 3.85. The van der Waals surface area contributed by atoms with Gasteiger partial charge in [0.05, 0.1) is 4.90 Å². The second-order valence-electron chi connectivity index (χ2n) is 5.70. The van der Waals surface area contributed by atoms with E-state index in [-0.39, 0.29) is 10.7 Å². The average Bonchev–Trinajstić information content (AvgIpc) is 2.62. The van der Waals surface area contributed by atoms with Crippen molar-refractivity contribution in [1.82, 2.24) is 10.2 Å². The van der Waals surface area contributed by atoms with Gasteiger partial charge in [0.25, 0.3) is 10.0 Å². The minimum atomic E-state index is -3.69. The molecular weight excluding hydrogens is 372 g/mol. The quantitative estimate of drug-likeness (QED) is 0.670. The SMILES string of the molecule is Cc1ccc(S(=O)(=O)Nc2ccc(NCc3ccc(Cl)cc3)nn2)cc1. The van der Waals surface area contributed by atoms with Crippen molar-refractivity contribution in [2.45, 2.75) is 18.4 Å². The summed E-state index contributed by atoms with van der Waals surface area (Å²) in [6.45, 7) is 2.45. The molecule has 3 aromatic rings. The number of hydrogen-bond acceptors (Lipinski definition) is 5. The molecule has 1 heterocycles. The van der Waals surface area contributed by atoms with E-state index in [9.17, 15) is 8.42 Å². The Bertz CT molecular complexity index is 973. The van der Waals surface area contributed by atoms with Gasteiger partial charge in [0.15, 0.2) is 5.82 Å². The third-order valence-electron chi connectivity index (χ3n) is 3.62. The van der Waals surface area contributed by atoms with Gasteiger partial charge in [-0.05, 0) is 48.9 Å². The highest BCUT2D eigenvalue weighted by atomic mass is 35.5. The second kappa shape index (κ2) is 7.72. The number of rotatable bonds is 6. The van der Waals surface area contributed by atoms with E-state index in [0.717, 1.165) is 11.1 Å². The first-order valence-electron chi connectivity index (χ1n) is 7.84. The number of anilines is 2. The van der Waals surface area contributed by atoms with E-state index < -0.39 is 10.0 Å². The van der Waals surface area contributed by atoms with Crippen molar-refractivity contribution in [3.05, 3.63) is 76.8 Å². The standard InChI is InChI=1S/C18H17ClN4O2S/c1-13-2-8-16(9-3-13)26(24,25)23-18-11-10-17(21-22-18)20-12-14-4-6-15(19)7-5-14/h2-11H,12H2,1H3,(H,20,21)(H,22,23). The number of aromatic nitrogens is 2. The Kier molecular flexibility index (Phi) is 5.39. The lowest BCUT2D eigenvalue weighted by molar-refractivity contribution is 0.601. The molecule has 0 unspecified atom stereocenters. The van der Waals surface area contributed by atoms with Crippen LogP contribution in [0.4, 0.5) is 11.6 Å². The summed E-state index contributed by atoms with van der Waals surface area (Å²) in [6.07, 6.45) is 0. The third-order valence-corrected chi connectivity index (χ3v) is 5.24. The van der Waals surface area contributed by atoms with Crippen LogP contribution in [0.15, 0.2) is 65.6 Å². The Hall–Kier alpha value is -2.64. The van der Waals surface area contributed by atoms with Gasteiger partial charge >= 0.3 is 0 Å². The molecule has 0 spiro atoms. The highest BCUT2D eigenvalue weighted by Gasteiger charge is 2.14. The molecule has 0 amide bonds. The Morgan fingerprint density at radius 1 is 0.885 bits per heavy atom. The molecule has 8 heteroatoms. The largest absolute Gasteiger partial charge is 0.365 e. The zero-order chi connectivity index (χ0) is 18.6. The molecule has 0 aliphatic heterocycles. The maximum Gasteiger partial charge on any atom is 0.263 e. The van der Waals surface area contributed by atoms with Crippen LogP contribution in [0.3, 0.4) is 0 Å². The molecular formula is C18H17ClN4O2S. The number of nitrogens with zero attached hydrogens (tertiary/aromatic N) is 2. The lowest BCUT2D eigenvalue weighted by Gasteiger charge is -2.08. The topological polar surface area (TPSA) is 84.0 Å². The third kappa shape index (κ3) is 4.71. The molecule has 0 atom stereocenters. The number of aryl methyl sites for hydroxylation is 1. The molecule has 2 aromatic carbocycles. The van der Waals surface area contributed by atoms with E-state index in [1.54, 1.807) is 36.4 Å². The minimum Gasteiger partial charge on any atom is -0.365 e. The van der Waals surface area contributed by atoms with E-state index in [4.69, 9.17) is 11.6 Å². The number of hydrogen-bond donors (Lipinski definition) is 2. The molecule has 26 heavy (non-hydrogen) atoms. The summed E-state index contributed by atoms with van der Waals surface area (Å²) in [5.41, 5.74) is 2.03. The monoisotopic (exact) mass is 388 g/mol. The van der Waals surface area contributed by atoms with Crippen LogP contribution in [-0.2, 0) is 16.6 Å². The normalized spacial score (nSPS) is 11.2. The smallest absolute Gasteiger partial charge is 0.263 e. The van der Waals surface area contributed by atoms with Crippen LogP contribution in [0, 0.1) is 6.92 Å². The molecule has 3 rings (SSSR count). The van der Waals surface area contributed by atoms with Gasteiger partial charge in [-0.15, -0.1) is 10.2 Å².